The molecular formula is C21H25N3O. The smallest absolute Gasteiger partial charge is 0.162 e. The molecule has 1 unspecified atom stereocenters. The molecule has 2 heterocycles. The number of ketones is 1. The summed E-state index contributed by atoms with van der Waals surface area (Å²) in [5, 5.41) is 12.0. The molecule has 0 fully saturated rings. The molecule has 1 atom stereocenters. The maximum absolute atomic E-state index is 13.1. The first-order valence-electron chi connectivity index (χ1n) is 9.08. The Morgan fingerprint density at radius 3 is 2.64 bits per heavy atom. The lowest BCUT2D eigenvalue weighted by Crippen LogP contribution is -2.42. The van der Waals surface area contributed by atoms with Gasteiger partial charge in [-0.05, 0) is 30.2 Å². The molecule has 2 aliphatic heterocycles. The van der Waals surface area contributed by atoms with Crippen LogP contribution in [-0.4, -0.2) is 12.3 Å². The predicted octanol–water partition coefficient (Wildman–Crippen LogP) is 4.55. The fraction of sp³-hybridized carbons (Fsp3) is 0.476. The predicted molar refractivity (Wildman–Crippen MR) is 97.8 cm³/mol. The van der Waals surface area contributed by atoms with Crippen molar-refractivity contribution in [3.05, 3.63) is 58.6 Å². The van der Waals surface area contributed by atoms with Crippen molar-refractivity contribution >= 4 is 5.78 Å². The van der Waals surface area contributed by atoms with E-state index in [4.69, 9.17) is 0 Å². The Balaban J connectivity index is 1.72. The number of carbonyl (C=O) groups is 1. The van der Waals surface area contributed by atoms with Crippen LogP contribution in [-0.2, 0) is 11.2 Å². The van der Waals surface area contributed by atoms with Gasteiger partial charge in [-0.2, -0.15) is 5.11 Å². The first-order valence-corrected chi connectivity index (χ1v) is 9.08. The summed E-state index contributed by atoms with van der Waals surface area (Å²) in [7, 11) is 0. The van der Waals surface area contributed by atoms with Crippen LogP contribution in [0.2, 0.25) is 0 Å². The van der Waals surface area contributed by atoms with E-state index in [9.17, 15) is 4.79 Å². The number of Topliss-reactive ketones (excluding diaryl/α,β-unsaturated/α-hetero) is 1. The van der Waals surface area contributed by atoms with E-state index in [1.165, 1.54) is 11.1 Å². The number of carbonyl (C=O) groups excluding carboxylic acids is 1. The van der Waals surface area contributed by atoms with E-state index in [2.05, 4.69) is 60.6 Å². The molecule has 1 aromatic carbocycles. The largest absolute Gasteiger partial charge is 0.342 e. The van der Waals surface area contributed by atoms with Crippen LogP contribution >= 0.6 is 0 Å². The topological polar surface area (TPSA) is 53.8 Å². The van der Waals surface area contributed by atoms with Gasteiger partial charge < -0.3 is 5.32 Å². The van der Waals surface area contributed by atoms with Gasteiger partial charge in [-0.1, -0.05) is 51.1 Å². The normalized spacial score (nSPS) is 27.2. The maximum Gasteiger partial charge on any atom is 0.162 e. The molecule has 130 valence electrons. The highest BCUT2D eigenvalue weighted by Gasteiger charge is 2.48. The summed E-state index contributed by atoms with van der Waals surface area (Å²) in [5.41, 5.74) is 4.25. The molecule has 1 aromatic rings. The molecule has 0 spiro atoms. The summed E-state index contributed by atoms with van der Waals surface area (Å²) in [6, 6.07) is 10.5. The molecule has 4 heteroatoms. The van der Waals surface area contributed by atoms with E-state index < -0.39 is 0 Å². The summed E-state index contributed by atoms with van der Waals surface area (Å²) in [6.07, 6.45) is 3.36. The van der Waals surface area contributed by atoms with Crippen molar-refractivity contribution in [3.63, 3.8) is 0 Å². The zero-order chi connectivity index (χ0) is 17.7. The Morgan fingerprint density at radius 2 is 1.88 bits per heavy atom. The Labute approximate surface area is 149 Å². The SMILES string of the molecule is CC1(C)CC(=O)C2=C(C1)NC1=C(CN=N1)C2(C)CCc1ccccc1. The van der Waals surface area contributed by atoms with E-state index in [1.807, 2.05) is 6.07 Å². The number of hydrogen-bond donors (Lipinski definition) is 1. The lowest BCUT2D eigenvalue weighted by molar-refractivity contribution is -0.119. The van der Waals surface area contributed by atoms with Crippen LogP contribution in [0.25, 0.3) is 0 Å². The lowest BCUT2D eigenvalue weighted by atomic mass is 9.62. The summed E-state index contributed by atoms with van der Waals surface area (Å²) in [6.45, 7) is 7.14. The molecule has 0 amide bonds. The van der Waals surface area contributed by atoms with Crippen molar-refractivity contribution in [2.45, 2.75) is 46.5 Å². The van der Waals surface area contributed by atoms with Gasteiger partial charge in [0.1, 0.15) is 0 Å². The molecule has 1 N–H and O–H groups in total. The van der Waals surface area contributed by atoms with E-state index in [0.29, 0.717) is 13.0 Å². The molecule has 0 saturated heterocycles. The van der Waals surface area contributed by atoms with Crippen molar-refractivity contribution in [2.75, 3.05) is 6.54 Å². The van der Waals surface area contributed by atoms with E-state index in [0.717, 1.165) is 36.4 Å². The van der Waals surface area contributed by atoms with Gasteiger partial charge >= 0.3 is 0 Å². The first-order chi connectivity index (χ1) is 11.9. The molecule has 0 aromatic heterocycles. The number of nitrogens with one attached hydrogen (secondary N) is 1. The number of hydrogen-bond acceptors (Lipinski definition) is 4. The summed E-state index contributed by atoms with van der Waals surface area (Å²) in [4.78, 5) is 13.1. The minimum Gasteiger partial charge on any atom is -0.342 e. The van der Waals surface area contributed by atoms with Gasteiger partial charge in [0.15, 0.2) is 11.6 Å². The van der Waals surface area contributed by atoms with Crippen molar-refractivity contribution < 1.29 is 4.79 Å². The molecule has 4 nitrogen and oxygen atoms in total. The molecule has 4 rings (SSSR count). The number of azo groups is 1. The Hall–Kier alpha value is -2.23. The molecule has 3 aliphatic rings. The summed E-state index contributed by atoms with van der Waals surface area (Å²) in [5.74, 6) is 1.16. The number of aryl methyl sites for hydroxylation is 1. The molecule has 0 radical (unpaired) electrons. The molecular weight excluding hydrogens is 310 g/mol. The van der Waals surface area contributed by atoms with Crippen molar-refractivity contribution in [3.8, 4) is 0 Å². The molecule has 0 bridgehead atoms. The lowest BCUT2D eigenvalue weighted by Gasteiger charge is -2.43. The van der Waals surface area contributed by atoms with Crippen molar-refractivity contribution in [2.24, 2.45) is 21.1 Å². The summed E-state index contributed by atoms with van der Waals surface area (Å²) >= 11 is 0. The fourth-order valence-corrected chi connectivity index (χ4v) is 4.53. The monoisotopic (exact) mass is 335 g/mol. The Bertz CT molecular complexity index is 817. The highest BCUT2D eigenvalue weighted by Crippen LogP contribution is 2.52. The third-order valence-electron chi connectivity index (χ3n) is 5.80. The summed E-state index contributed by atoms with van der Waals surface area (Å²) < 4.78 is 0. The van der Waals surface area contributed by atoms with Crippen LogP contribution < -0.4 is 5.32 Å². The fourth-order valence-electron chi connectivity index (χ4n) is 4.53. The average Bonchev–Trinajstić information content (AvgIpc) is 3.01. The zero-order valence-electron chi connectivity index (χ0n) is 15.2. The van der Waals surface area contributed by atoms with Gasteiger partial charge in [0, 0.05) is 28.7 Å². The van der Waals surface area contributed by atoms with Crippen LogP contribution in [0.15, 0.2) is 63.2 Å². The third kappa shape index (κ3) is 2.74. The highest BCUT2D eigenvalue weighted by molar-refractivity contribution is 5.99. The second-order valence-corrected chi connectivity index (χ2v) is 8.46. The van der Waals surface area contributed by atoms with Crippen molar-refractivity contribution in [1.82, 2.24) is 5.32 Å². The van der Waals surface area contributed by atoms with Gasteiger partial charge in [0.2, 0.25) is 0 Å². The number of rotatable bonds is 3. The minimum atomic E-state index is -0.275. The van der Waals surface area contributed by atoms with Gasteiger partial charge in [0.25, 0.3) is 0 Å². The van der Waals surface area contributed by atoms with E-state index >= 15 is 0 Å². The van der Waals surface area contributed by atoms with Gasteiger partial charge in [-0.3, -0.25) is 4.79 Å². The van der Waals surface area contributed by atoms with E-state index in [1.54, 1.807) is 0 Å². The molecule has 25 heavy (non-hydrogen) atoms. The minimum absolute atomic E-state index is 0.00291. The number of dihydropyridines is 1. The second kappa shape index (κ2) is 5.65. The van der Waals surface area contributed by atoms with Crippen LogP contribution in [0, 0.1) is 10.8 Å². The van der Waals surface area contributed by atoms with Crippen LogP contribution in [0.1, 0.15) is 45.6 Å². The van der Waals surface area contributed by atoms with Crippen LogP contribution in [0.5, 0.6) is 0 Å². The maximum atomic E-state index is 13.1. The highest BCUT2D eigenvalue weighted by atomic mass is 16.1. The third-order valence-corrected chi connectivity index (χ3v) is 5.80. The van der Waals surface area contributed by atoms with Crippen LogP contribution in [0.4, 0.5) is 0 Å². The number of benzene rings is 1. The standard InChI is InChI=1S/C21H25N3O/c1-20(2)11-16-18(17(25)12-20)21(3,15-13-22-24-19(15)23-16)10-9-14-7-5-4-6-8-14/h4-8,23H,9-13H2,1-3H3. The average molecular weight is 335 g/mol. The quantitative estimate of drug-likeness (QED) is 0.881. The van der Waals surface area contributed by atoms with Crippen molar-refractivity contribution in [1.29, 1.82) is 0 Å². The zero-order valence-corrected chi connectivity index (χ0v) is 15.2. The second-order valence-electron chi connectivity index (χ2n) is 8.46. The van der Waals surface area contributed by atoms with Crippen LogP contribution in [0.3, 0.4) is 0 Å². The van der Waals surface area contributed by atoms with Gasteiger partial charge in [-0.25, -0.2) is 0 Å². The molecule has 0 saturated carbocycles. The van der Waals surface area contributed by atoms with Gasteiger partial charge in [0.05, 0.1) is 6.54 Å². The Kier molecular flexibility index (Phi) is 3.67. The van der Waals surface area contributed by atoms with E-state index in [-0.39, 0.29) is 16.6 Å². The van der Waals surface area contributed by atoms with Gasteiger partial charge in [-0.15, -0.1) is 5.11 Å². The Morgan fingerprint density at radius 1 is 1.12 bits per heavy atom. The number of nitrogens with zero attached hydrogens (tertiary/aromatic N) is 2. The number of allylic oxidation sites excluding steroid dienone is 2. The molecule has 1 aliphatic carbocycles. The first kappa shape index (κ1) is 16.2.